The molecule has 0 bridgehead atoms. The Bertz CT molecular complexity index is 788. The van der Waals surface area contributed by atoms with Gasteiger partial charge < -0.3 is 15.2 Å². The van der Waals surface area contributed by atoms with E-state index in [4.69, 9.17) is 33.0 Å². The predicted octanol–water partition coefficient (Wildman–Crippen LogP) is 3.69. The Balaban J connectivity index is 3.15. The van der Waals surface area contributed by atoms with Crippen molar-refractivity contribution in [3.63, 3.8) is 0 Å². The summed E-state index contributed by atoms with van der Waals surface area (Å²) in [7, 11) is -3.41. The molecule has 2 N–H and O–H groups in total. The Morgan fingerprint density at radius 1 is 1.21 bits per heavy atom. The van der Waals surface area contributed by atoms with Gasteiger partial charge >= 0.3 is 6.16 Å². The van der Waals surface area contributed by atoms with Crippen LogP contribution in [0.5, 0.6) is 0 Å². The summed E-state index contributed by atoms with van der Waals surface area (Å²) >= 11 is 11.1. The number of amides is 1. The Morgan fingerprint density at radius 2 is 1.79 bits per heavy atom. The van der Waals surface area contributed by atoms with Crippen LogP contribution in [0, 0.1) is 0 Å². The molecule has 29 heavy (non-hydrogen) atoms. The SMILES string of the molecule is CCC(CC[C@H](c1ccc(S(C)(=O)=O)cc1)[C@@H](CF)NC(=O)C(Cl)Cl)OC(=O)O. The Morgan fingerprint density at radius 3 is 2.21 bits per heavy atom. The number of ether oxygens (including phenoxy) is 1. The average molecular weight is 472 g/mol. The highest BCUT2D eigenvalue weighted by Crippen LogP contribution is 2.29. The first-order valence-corrected chi connectivity index (χ1v) is 11.6. The molecule has 0 spiro atoms. The van der Waals surface area contributed by atoms with Crippen LogP contribution in [-0.4, -0.2) is 55.5 Å². The summed E-state index contributed by atoms with van der Waals surface area (Å²) in [5.41, 5.74) is 0.575. The molecule has 3 atom stereocenters. The van der Waals surface area contributed by atoms with Gasteiger partial charge in [-0.3, -0.25) is 4.79 Å². The highest BCUT2D eigenvalue weighted by Gasteiger charge is 2.28. The fourth-order valence-electron chi connectivity index (χ4n) is 2.91. The standard InChI is InChI=1S/C18H24Cl2FNO6S/c1-3-12(28-18(24)25)6-9-14(15(10-21)22-17(23)16(19)20)11-4-7-13(8-5-11)29(2,26)27/h4-5,7-8,12,14-16H,3,6,9-10H2,1-2H3,(H,22,23)(H,24,25)/t12?,14-,15-/m1/s1. The summed E-state index contributed by atoms with van der Waals surface area (Å²) in [5, 5.41) is 11.3. The highest BCUT2D eigenvalue weighted by atomic mass is 35.5. The van der Waals surface area contributed by atoms with Crippen LogP contribution in [0.15, 0.2) is 29.2 Å². The fraction of sp³-hybridized carbons (Fsp3) is 0.556. The van der Waals surface area contributed by atoms with Gasteiger partial charge in [0, 0.05) is 12.2 Å². The van der Waals surface area contributed by atoms with Crippen molar-refractivity contribution in [2.45, 2.75) is 54.0 Å². The number of hydrogen-bond acceptors (Lipinski definition) is 5. The molecule has 0 fully saturated rings. The van der Waals surface area contributed by atoms with Gasteiger partial charge in [0.1, 0.15) is 12.8 Å². The van der Waals surface area contributed by atoms with Crippen LogP contribution < -0.4 is 5.32 Å². The van der Waals surface area contributed by atoms with Crippen molar-refractivity contribution in [3.8, 4) is 0 Å². The van der Waals surface area contributed by atoms with E-state index in [0.717, 1.165) is 6.26 Å². The van der Waals surface area contributed by atoms with Crippen molar-refractivity contribution in [1.82, 2.24) is 5.32 Å². The first kappa shape index (κ1) is 25.5. The number of nitrogens with one attached hydrogen (secondary N) is 1. The monoisotopic (exact) mass is 471 g/mol. The summed E-state index contributed by atoms with van der Waals surface area (Å²) in [6, 6.07) is 4.87. The van der Waals surface area contributed by atoms with Crippen molar-refractivity contribution in [2.24, 2.45) is 0 Å². The summed E-state index contributed by atoms with van der Waals surface area (Å²) in [5.74, 6) is -1.35. The number of hydrogen-bond donors (Lipinski definition) is 2. The molecule has 0 aliphatic rings. The fourth-order valence-corrected chi connectivity index (χ4v) is 3.67. The number of sulfone groups is 1. The molecule has 1 amide bonds. The minimum Gasteiger partial charge on any atom is -0.450 e. The highest BCUT2D eigenvalue weighted by molar-refractivity contribution is 7.90. The quantitative estimate of drug-likeness (QED) is 0.376. The maximum absolute atomic E-state index is 13.8. The molecule has 0 aliphatic heterocycles. The zero-order valence-corrected chi connectivity index (χ0v) is 18.3. The van der Waals surface area contributed by atoms with Crippen LogP contribution in [0.2, 0.25) is 0 Å². The van der Waals surface area contributed by atoms with Crippen LogP contribution in [-0.2, 0) is 19.4 Å². The van der Waals surface area contributed by atoms with Crippen molar-refractivity contribution >= 4 is 45.1 Å². The van der Waals surface area contributed by atoms with E-state index >= 15 is 0 Å². The van der Waals surface area contributed by atoms with Crippen LogP contribution in [0.1, 0.15) is 37.7 Å². The summed E-state index contributed by atoms with van der Waals surface area (Å²) in [6.07, 6.45) is 0.0283. The number of alkyl halides is 3. The van der Waals surface area contributed by atoms with Gasteiger partial charge in [-0.2, -0.15) is 0 Å². The average Bonchev–Trinajstić information content (AvgIpc) is 2.65. The zero-order valence-electron chi connectivity index (χ0n) is 16.0. The first-order chi connectivity index (χ1) is 13.5. The maximum atomic E-state index is 13.8. The zero-order chi connectivity index (χ0) is 22.2. The third kappa shape index (κ3) is 8.36. The minimum atomic E-state index is -3.41. The topological polar surface area (TPSA) is 110 Å². The number of carbonyl (C=O) groups excluding carboxylic acids is 1. The minimum absolute atomic E-state index is 0.100. The number of carboxylic acid groups (broad SMARTS) is 1. The number of benzene rings is 1. The molecule has 11 heteroatoms. The van der Waals surface area contributed by atoms with Gasteiger partial charge in [-0.05, 0) is 37.0 Å². The first-order valence-electron chi connectivity index (χ1n) is 8.83. The largest absolute Gasteiger partial charge is 0.506 e. The molecule has 0 radical (unpaired) electrons. The summed E-state index contributed by atoms with van der Waals surface area (Å²) in [6.45, 7) is 0.824. The van der Waals surface area contributed by atoms with E-state index in [2.05, 4.69) is 5.32 Å². The third-order valence-corrected chi connectivity index (χ3v) is 5.96. The van der Waals surface area contributed by atoms with Gasteiger partial charge in [0.2, 0.25) is 0 Å². The lowest BCUT2D eigenvalue weighted by atomic mass is 9.86. The van der Waals surface area contributed by atoms with Crippen LogP contribution >= 0.6 is 23.2 Å². The normalized spacial score (nSPS) is 14.8. The van der Waals surface area contributed by atoms with Crippen LogP contribution in [0.4, 0.5) is 9.18 Å². The molecule has 0 heterocycles. The van der Waals surface area contributed by atoms with Gasteiger partial charge in [0.15, 0.2) is 14.7 Å². The van der Waals surface area contributed by atoms with Crippen molar-refractivity contribution in [2.75, 3.05) is 12.9 Å². The van der Waals surface area contributed by atoms with E-state index in [0.29, 0.717) is 12.0 Å². The van der Waals surface area contributed by atoms with Crippen LogP contribution in [0.25, 0.3) is 0 Å². The van der Waals surface area contributed by atoms with E-state index in [9.17, 15) is 22.4 Å². The molecular formula is C18H24Cl2FNO6S. The molecule has 1 aromatic rings. The van der Waals surface area contributed by atoms with E-state index < -0.39 is 51.5 Å². The van der Waals surface area contributed by atoms with Crippen molar-refractivity contribution in [1.29, 1.82) is 0 Å². The Hall–Kier alpha value is -1.58. The molecule has 0 aromatic heterocycles. The van der Waals surface area contributed by atoms with Gasteiger partial charge in [0.25, 0.3) is 5.91 Å². The molecule has 1 aromatic carbocycles. The van der Waals surface area contributed by atoms with Crippen LogP contribution in [0.3, 0.4) is 0 Å². The summed E-state index contributed by atoms with van der Waals surface area (Å²) < 4.78 is 41.9. The van der Waals surface area contributed by atoms with Gasteiger partial charge in [0.05, 0.1) is 10.9 Å². The molecule has 0 aliphatic carbocycles. The summed E-state index contributed by atoms with van der Waals surface area (Å²) in [4.78, 5) is 21.4. The van der Waals surface area contributed by atoms with E-state index in [1.807, 2.05) is 0 Å². The smallest absolute Gasteiger partial charge is 0.450 e. The lowest BCUT2D eigenvalue weighted by molar-refractivity contribution is -0.120. The second-order valence-corrected chi connectivity index (χ2v) is 9.62. The lowest BCUT2D eigenvalue weighted by Gasteiger charge is -2.28. The third-order valence-electron chi connectivity index (χ3n) is 4.44. The molecule has 0 saturated heterocycles. The van der Waals surface area contributed by atoms with Crippen molar-refractivity contribution < 1.29 is 32.2 Å². The molecule has 0 saturated carbocycles. The van der Waals surface area contributed by atoms with Gasteiger partial charge in [-0.15, -0.1) is 0 Å². The number of halogens is 3. The van der Waals surface area contributed by atoms with Crippen molar-refractivity contribution in [3.05, 3.63) is 29.8 Å². The second-order valence-electron chi connectivity index (χ2n) is 6.51. The lowest BCUT2D eigenvalue weighted by Crippen LogP contribution is -2.43. The maximum Gasteiger partial charge on any atom is 0.506 e. The molecule has 1 unspecified atom stereocenters. The van der Waals surface area contributed by atoms with Gasteiger partial charge in [-0.1, -0.05) is 42.3 Å². The Kier molecular flexibility index (Phi) is 10.2. The molecular weight excluding hydrogens is 448 g/mol. The molecule has 7 nitrogen and oxygen atoms in total. The van der Waals surface area contributed by atoms with E-state index in [-0.39, 0.29) is 17.7 Å². The predicted molar refractivity (Wildman–Crippen MR) is 108 cm³/mol. The van der Waals surface area contributed by atoms with E-state index in [1.165, 1.54) is 24.3 Å². The number of rotatable bonds is 11. The number of carbonyl (C=O) groups is 2. The molecule has 1 rings (SSSR count). The molecule has 164 valence electrons. The van der Waals surface area contributed by atoms with E-state index in [1.54, 1.807) is 6.92 Å². The van der Waals surface area contributed by atoms with Gasteiger partial charge in [-0.25, -0.2) is 17.6 Å². The second kappa shape index (κ2) is 11.6. The Labute approximate surface area is 179 Å².